The number of nitrogens with one attached hydrogen (secondary N) is 1. The van der Waals surface area contributed by atoms with Gasteiger partial charge in [-0.25, -0.2) is 0 Å². The molecule has 118 valence electrons. The van der Waals surface area contributed by atoms with Gasteiger partial charge in [-0.1, -0.05) is 6.07 Å². The molecule has 4 heteroatoms. The van der Waals surface area contributed by atoms with Crippen LogP contribution in [-0.2, 0) is 0 Å². The highest BCUT2D eigenvalue weighted by Crippen LogP contribution is 2.18. The van der Waals surface area contributed by atoms with Gasteiger partial charge < -0.3 is 19.5 Å². The molecule has 1 aliphatic heterocycles. The first-order chi connectivity index (χ1) is 10.1. The summed E-state index contributed by atoms with van der Waals surface area (Å²) < 4.78 is 10.8. The van der Waals surface area contributed by atoms with Crippen LogP contribution < -0.4 is 14.4 Å². The summed E-state index contributed by atoms with van der Waals surface area (Å²) in [6.45, 7) is 5.64. The van der Waals surface area contributed by atoms with Crippen LogP contribution in [0.25, 0.3) is 0 Å². The molecule has 21 heavy (non-hydrogen) atoms. The maximum atomic E-state index is 10.2. The van der Waals surface area contributed by atoms with Crippen molar-refractivity contribution in [2.24, 2.45) is 0 Å². The largest absolute Gasteiger partial charge is 0.497 e. The second-order valence-corrected chi connectivity index (χ2v) is 6.16. The van der Waals surface area contributed by atoms with E-state index in [0.29, 0.717) is 18.7 Å². The molecule has 2 rings (SSSR count). The summed E-state index contributed by atoms with van der Waals surface area (Å²) in [7, 11) is 1.64. The van der Waals surface area contributed by atoms with Gasteiger partial charge in [0.15, 0.2) is 0 Å². The number of aliphatic hydroxyl groups is 1. The number of quaternary nitrogens is 1. The van der Waals surface area contributed by atoms with Crippen molar-refractivity contribution in [2.45, 2.75) is 51.3 Å². The standard InChI is InChI=1S/C17H27NO3/c1-13-6-4-7-14(2)18(13)11-15(19)12-21-17-9-5-8-16(10-17)20-3/h5,8-10,13-15,19H,4,6-7,11-12H2,1-3H3/p+1/t13-,14-,15-/m0/s1. The predicted octanol–water partition coefficient (Wildman–Crippen LogP) is 1.28. The Balaban J connectivity index is 1.82. The van der Waals surface area contributed by atoms with Crippen molar-refractivity contribution < 1.29 is 19.5 Å². The number of hydrogen-bond donors (Lipinski definition) is 2. The van der Waals surface area contributed by atoms with Crippen molar-refractivity contribution >= 4 is 0 Å². The Kier molecular flexibility index (Phi) is 5.88. The summed E-state index contributed by atoms with van der Waals surface area (Å²) in [4.78, 5) is 1.50. The van der Waals surface area contributed by atoms with E-state index in [-0.39, 0.29) is 0 Å². The van der Waals surface area contributed by atoms with Crippen LogP contribution in [0.15, 0.2) is 24.3 Å². The molecule has 2 N–H and O–H groups in total. The molecular formula is C17H28NO3+. The van der Waals surface area contributed by atoms with Gasteiger partial charge in [-0.2, -0.15) is 0 Å². The molecule has 0 spiro atoms. The highest BCUT2D eigenvalue weighted by Gasteiger charge is 2.30. The minimum Gasteiger partial charge on any atom is -0.497 e. The highest BCUT2D eigenvalue weighted by molar-refractivity contribution is 5.32. The number of methoxy groups -OCH3 is 1. The fourth-order valence-corrected chi connectivity index (χ4v) is 3.20. The van der Waals surface area contributed by atoms with Crippen LogP contribution in [0.3, 0.4) is 0 Å². The fraction of sp³-hybridized carbons (Fsp3) is 0.647. The van der Waals surface area contributed by atoms with E-state index in [1.54, 1.807) is 7.11 Å². The molecule has 1 fully saturated rings. The minimum absolute atomic E-state index is 0.329. The zero-order valence-corrected chi connectivity index (χ0v) is 13.3. The lowest BCUT2D eigenvalue weighted by Gasteiger charge is -2.36. The minimum atomic E-state index is -0.436. The van der Waals surface area contributed by atoms with Crippen molar-refractivity contribution in [1.29, 1.82) is 0 Å². The Hall–Kier alpha value is -1.26. The van der Waals surface area contributed by atoms with E-state index in [4.69, 9.17) is 9.47 Å². The van der Waals surface area contributed by atoms with Crippen molar-refractivity contribution in [1.82, 2.24) is 0 Å². The van der Waals surface area contributed by atoms with Gasteiger partial charge in [0.25, 0.3) is 0 Å². The summed E-state index contributed by atoms with van der Waals surface area (Å²) >= 11 is 0. The monoisotopic (exact) mass is 294 g/mol. The summed E-state index contributed by atoms with van der Waals surface area (Å²) in [5.41, 5.74) is 0. The third-order valence-corrected chi connectivity index (χ3v) is 4.50. The summed E-state index contributed by atoms with van der Waals surface area (Å²) in [6, 6.07) is 8.74. The van der Waals surface area contributed by atoms with Crippen molar-refractivity contribution in [3.05, 3.63) is 24.3 Å². The quantitative estimate of drug-likeness (QED) is 0.831. The predicted molar refractivity (Wildman–Crippen MR) is 83.1 cm³/mol. The smallest absolute Gasteiger partial charge is 0.137 e. The average Bonchev–Trinajstić information content (AvgIpc) is 2.49. The maximum Gasteiger partial charge on any atom is 0.137 e. The maximum absolute atomic E-state index is 10.2. The van der Waals surface area contributed by atoms with Gasteiger partial charge in [0.05, 0.1) is 19.2 Å². The Morgan fingerprint density at radius 3 is 2.57 bits per heavy atom. The number of hydrogen-bond acceptors (Lipinski definition) is 3. The molecular weight excluding hydrogens is 266 g/mol. The highest BCUT2D eigenvalue weighted by atomic mass is 16.5. The number of aliphatic hydroxyl groups excluding tert-OH is 1. The number of piperidine rings is 1. The normalized spacial score (nSPS) is 24.6. The van der Waals surface area contributed by atoms with Crippen LogP contribution in [-0.4, -0.2) is 43.6 Å². The van der Waals surface area contributed by atoms with Crippen LogP contribution in [0, 0.1) is 0 Å². The average molecular weight is 294 g/mol. The van der Waals surface area contributed by atoms with Crippen molar-refractivity contribution in [2.75, 3.05) is 20.3 Å². The molecule has 4 nitrogen and oxygen atoms in total. The molecule has 0 amide bonds. The van der Waals surface area contributed by atoms with Crippen LogP contribution in [0.1, 0.15) is 33.1 Å². The van der Waals surface area contributed by atoms with Crippen LogP contribution in [0.4, 0.5) is 0 Å². The van der Waals surface area contributed by atoms with Crippen molar-refractivity contribution in [3.63, 3.8) is 0 Å². The van der Waals surface area contributed by atoms with Gasteiger partial charge >= 0.3 is 0 Å². The van der Waals surface area contributed by atoms with Gasteiger partial charge in [-0.05, 0) is 45.2 Å². The summed E-state index contributed by atoms with van der Waals surface area (Å²) in [5.74, 6) is 1.51. The Morgan fingerprint density at radius 1 is 1.24 bits per heavy atom. The third kappa shape index (κ3) is 4.61. The molecule has 0 aliphatic carbocycles. The zero-order valence-electron chi connectivity index (χ0n) is 13.3. The Morgan fingerprint density at radius 2 is 1.90 bits per heavy atom. The first-order valence-corrected chi connectivity index (χ1v) is 7.90. The first kappa shape index (κ1) is 16.1. The SMILES string of the molecule is COc1cccc(OC[C@@H](O)C[NH+]2[C@@H](C)CCC[C@@H]2C)c1. The number of likely N-dealkylation sites (tertiary alicyclic amines) is 1. The topological polar surface area (TPSA) is 43.1 Å². The van der Waals surface area contributed by atoms with E-state index < -0.39 is 6.10 Å². The molecule has 3 atom stereocenters. The fourth-order valence-electron chi connectivity index (χ4n) is 3.20. The third-order valence-electron chi connectivity index (χ3n) is 4.50. The second-order valence-electron chi connectivity index (χ2n) is 6.16. The molecule has 1 saturated heterocycles. The van der Waals surface area contributed by atoms with Gasteiger partial charge in [0, 0.05) is 6.07 Å². The van der Waals surface area contributed by atoms with E-state index in [1.165, 1.54) is 24.2 Å². The lowest BCUT2D eigenvalue weighted by atomic mass is 9.97. The zero-order chi connectivity index (χ0) is 15.2. The molecule has 0 aromatic heterocycles. The molecule has 0 unspecified atom stereocenters. The summed E-state index contributed by atoms with van der Waals surface area (Å²) in [5, 5.41) is 10.2. The Labute approximate surface area is 127 Å². The number of rotatable bonds is 6. The van der Waals surface area contributed by atoms with Crippen molar-refractivity contribution in [3.8, 4) is 11.5 Å². The molecule has 0 radical (unpaired) electrons. The summed E-state index contributed by atoms with van der Waals surface area (Å²) in [6.07, 6.45) is 3.38. The van der Waals surface area contributed by atoms with E-state index in [0.717, 1.165) is 18.0 Å². The lowest BCUT2D eigenvalue weighted by molar-refractivity contribution is -0.954. The number of benzene rings is 1. The van der Waals surface area contributed by atoms with Gasteiger partial charge in [0.1, 0.15) is 30.8 Å². The van der Waals surface area contributed by atoms with Crippen LogP contribution >= 0.6 is 0 Å². The molecule has 1 heterocycles. The van der Waals surface area contributed by atoms with Crippen LogP contribution in [0.2, 0.25) is 0 Å². The van der Waals surface area contributed by atoms with E-state index in [9.17, 15) is 5.11 Å². The van der Waals surface area contributed by atoms with E-state index >= 15 is 0 Å². The van der Waals surface area contributed by atoms with Gasteiger partial charge in [-0.3, -0.25) is 0 Å². The first-order valence-electron chi connectivity index (χ1n) is 7.90. The second kappa shape index (κ2) is 7.66. The lowest BCUT2D eigenvalue weighted by Crippen LogP contribution is -3.20. The van der Waals surface area contributed by atoms with Crippen LogP contribution in [0.5, 0.6) is 11.5 Å². The van der Waals surface area contributed by atoms with Gasteiger partial charge in [-0.15, -0.1) is 0 Å². The molecule has 1 aliphatic rings. The Bertz CT molecular complexity index is 428. The van der Waals surface area contributed by atoms with Gasteiger partial charge in [0.2, 0.25) is 0 Å². The molecule has 0 saturated carbocycles. The molecule has 1 aromatic rings. The van der Waals surface area contributed by atoms with E-state index in [1.807, 2.05) is 24.3 Å². The number of ether oxygens (including phenoxy) is 2. The molecule has 0 bridgehead atoms. The van der Waals surface area contributed by atoms with E-state index in [2.05, 4.69) is 13.8 Å². The molecule has 1 aromatic carbocycles.